The van der Waals surface area contributed by atoms with E-state index in [1.807, 2.05) is 0 Å². The second-order valence-corrected chi connectivity index (χ2v) is 5.01. The van der Waals surface area contributed by atoms with Crippen molar-refractivity contribution in [3.05, 3.63) is 11.6 Å². The highest BCUT2D eigenvalue weighted by molar-refractivity contribution is 9.09. The maximum absolute atomic E-state index is 11.1. The van der Waals surface area contributed by atoms with Crippen LogP contribution in [0, 0.1) is 0 Å². The third-order valence-electron chi connectivity index (χ3n) is 1.12. The molecule has 1 heterocycles. The van der Waals surface area contributed by atoms with E-state index in [0.29, 0.717) is 10.9 Å². The summed E-state index contributed by atoms with van der Waals surface area (Å²) < 4.78 is 1.55. The molecule has 0 N–H and O–H groups in total. The van der Waals surface area contributed by atoms with Gasteiger partial charge in [-0.05, 0) is 6.07 Å². The first-order valence-electron chi connectivity index (χ1n) is 2.76. The van der Waals surface area contributed by atoms with Crippen LogP contribution in [0.4, 0.5) is 0 Å². The van der Waals surface area contributed by atoms with Gasteiger partial charge in [0.05, 0.1) is 13.7 Å². The molecule has 0 saturated carbocycles. The van der Waals surface area contributed by atoms with E-state index in [4.69, 9.17) is 0 Å². The average molecular weight is 269 g/mol. The molecular formula is C6H5BrOS3. The van der Waals surface area contributed by atoms with Crippen LogP contribution in [0.25, 0.3) is 0 Å². The van der Waals surface area contributed by atoms with Gasteiger partial charge in [0.25, 0.3) is 0 Å². The number of thiophene rings is 1. The first-order chi connectivity index (χ1) is 5.15. The number of ketones is 1. The van der Waals surface area contributed by atoms with Crippen molar-refractivity contribution in [2.45, 2.75) is 8.42 Å². The molecule has 0 amide bonds. The number of thiol groups is 2. The Hall–Kier alpha value is 0.550. The second kappa shape index (κ2) is 3.98. The molecule has 0 unspecified atom stereocenters. The number of carbonyl (C=O) groups excluding carboxylic acids is 1. The Balaban J connectivity index is 3.03. The summed E-state index contributed by atoms with van der Waals surface area (Å²) in [7, 11) is 0. The smallest absolute Gasteiger partial charge is 0.175 e. The molecular weight excluding hydrogens is 264 g/mol. The summed E-state index contributed by atoms with van der Waals surface area (Å²) in [5, 5.41) is 0.338. The molecule has 1 aromatic heterocycles. The molecule has 1 aromatic rings. The minimum absolute atomic E-state index is 0.0477. The lowest BCUT2D eigenvalue weighted by Crippen LogP contribution is -1.97. The monoisotopic (exact) mass is 268 g/mol. The molecule has 1 nitrogen and oxygen atoms in total. The van der Waals surface area contributed by atoms with Crippen molar-refractivity contribution in [1.29, 1.82) is 0 Å². The zero-order valence-corrected chi connectivity index (χ0v) is 9.56. The van der Waals surface area contributed by atoms with Crippen LogP contribution in [0.15, 0.2) is 14.5 Å². The SMILES string of the molecule is O=C(CBr)c1cc(S)sc1S. The van der Waals surface area contributed by atoms with Crippen molar-refractivity contribution in [2.75, 3.05) is 5.33 Å². The Morgan fingerprint density at radius 3 is 2.64 bits per heavy atom. The molecule has 0 atom stereocenters. The molecule has 0 aliphatic rings. The first-order valence-corrected chi connectivity index (χ1v) is 5.59. The largest absolute Gasteiger partial charge is 0.293 e. The third kappa shape index (κ3) is 2.24. The Bertz CT molecular complexity index is 281. The molecule has 11 heavy (non-hydrogen) atoms. The van der Waals surface area contributed by atoms with E-state index in [1.165, 1.54) is 11.3 Å². The fourth-order valence-corrected chi connectivity index (χ4v) is 2.70. The summed E-state index contributed by atoms with van der Waals surface area (Å²) in [4.78, 5) is 11.1. The molecule has 0 spiro atoms. The van der Waals surface area contributed by atoms with Gasteiger partial charge < -0.3 is 0 Å². The summed E-state index contributed by atoms with van der Waals surface area (Å²) in [6, 6.07) is 1.74. The van der Waals surface area contributed by atoms with E-state index in [1.54, 1.807) is 6.07 Å². The van der Waals surface area contributed by atoms with Crippen molar-refractivity contribution in [2.24, 2.45) is 0 Å². The Morgan fingerprint density at radius 1 is 1.64 bits per heavy atom. The predicted octanol–water partition coefficient (Wildman–Crippen LogP) is 2.90. The van der Waals surface area contributed by atoms with Gasteiger partial charge in [-0.3, -0.25) is 4.79 Å². The maximum atomic E-state index is 11.1. The van der Waals surface area contributed by atoms with Crippen LogP contribution in [0.2, 0.25) is 0 Å². The standard InChI is InChI=1S/C6H5BrOS3/c7-2-4(8)3-1-5(9)11-6(3)10/h1,9-10H,2H2. The number of rotatable bonds is 2. The van der Waals surface area contributed by atoms with Crippen molar-refractivity contribution < 1.29 is 4.79 Å². The van der Waals surface area contributed by atoms with Crippen LogP contribution >= 0.6 is 52.5 Å². The van der Waals surface area contributed by atoms with E-state index < -0.39 is 0 Å². The number of halogens is 1. The molecule has 0 fully saturated rings. The number of carbonyl (C=O) groups is 1. The average Bonchev–Trinajstić information content (AvgIpc) is 2.28. The second-order valence-electron chi connectivity index (χ2n) is 1.86. The van der Waals surface area contributed by atoms with Crippen LogP contribution in [0.1, 0.15) is 10.4 Å². The van der Waals surface area contributed by atoms with Gasteiger partial charge in [-0.1, -0.05) is 15.9 Å². The summed E-state index contributed by atoms with van der Waals surface area (Å²) in [6.45, 7) is 0. The van der Waals surface area contributed by atoms with Crippen LogP contribution in [-0.4, -0.2) is 11.1 Å². The highest BCUT2D eigenvalue weighted by atomic mass is 79.9. The van der Waals surface area contributed by atoms with Crippen LogP contribution in [0.5, 0.6) is 0 Å². The van der Waals surface area contributed by atoms with Gasteiger partial charge >= 0.3 is 0 Å². The lowest BCUT2D eigenvalue weighted by molar-refractivity contribution is 0.102. The lowest BCUT2D eigenvalue weighted by atomic mass is 10.2. The van der Waals surface area contributed by atoms with Crippen molar-refractivity contribution >= 4 is 58.3 Å². The van der Waals surface area contributed by atoms with Gasteiger partial charge in [-0.25, -0.2) is 0 Å². The van der Waals surface area contributed by atoms with E-state index in [9.17, 15) is 4.79 Å². The molecule has 60 valence electrons. The Labute approximate surface area is 88.1 Å². The van der Waals surface area contributed by atoms with Crippen molar-refractivity contribution in [3.8, 4) is 0 Å². The molecule has 5 heteroatoms. The van der Waals surface area contributed by atoms with Gasteiger partial charge in [-0.15, -0.1) is 36.6 Å². The summed E-state index contributed by atoms with van der Waals surface area (Å²) in [6.07, 6.45) is 0. The number of Topliss-reactive ketones (excluding diaryl/α,β-unsaturated/α-hetero) is 1. The zero-order chi connectivity index (χ0) is 8.43. The van der Waals surface area contributed by atoms with E-state index >= 15 is 0 Å². The van der Waals surface area contributed by atoms with E-state index in [-0.39, 0.29) is 5.78 Å². The quantitative estimate of drug-likeness (QED) is 0.479. The van der Waals surface area contributed by atoms with Gasteiger partial charge in [0.1, 0.15) is 0 Å². The molecule has 1 rings (SSSR count). The van der Waals surface area contributed by atoms with Crippen LogP contribution < -0.4 is 0 Å². The summed E-state index contributed by atoms with van der Waals surface area (Å²) >= 11 is 12.7. The fraction of sp³-hybridized carbons (Fsp3) is 0.167. The van der Waals surface area contributed by atoms with Gasteiger partial charge in [0.15, 0.2) is 5.78 Å². The number of hydrogen-bond acceptors (Lipinski definition) is 4. The fourth-order valence-electron chi connectivity index (χ4n) is 0.640. The zero-order valence-electron chi connectivity index (χ0n) is 5.37. The Morgan fingerprint density at radius 2 is 2.27 bits per heavy atom. The van der Waals surface area contributed by atoms with Crippen molar-refractivity contribution in [3.63, 3.8) is 0 Å². The van der Waals surface area contributed by atoms with Crippen LogP contribution in [0.3, 0.4) is 0 Å². The third-order valence-corrected chi connectivity index (χ3v) is 3.29. The predicted molar refractivity (Wildman–Crippen MR) is 56.9 cm³/mol. The minimum Gasteiger partial charge on any atom is -0.293 e. The maximum Gasteiger partial charge on any atom is 0.175 e. The van der Waals surface area contributed by atoms with Crippen LogP contribution in [-0.2, 0) is 0 Å². The van der Waals surface area contributed by atoms with Gasteiger partial charge in [-0.2, -0.15) is 0 Å². The number of hydrogen-bond donors (Lipinski definition) is 2. The van der Waals surface area contributed by atoms with E-state index in [2.05, 4.69) is 41.2 Å². The summed E-state index contributed by atoms with van der Waals surface area (Å²) in [5.74, 6) is 0.0477. The Kier molecular flexibility index (Phi) is 3.49. The van der Waals surface area contributed by atoms with Gasteiger partial charge in [0.2, 0.25) is 0 Å². The normalized spacial score (nSPS) is 10.1. The molecule has 0 bridgehead atoms. The molecule has 0 radical (unpaired) electrons. The van der Waals surface area contributed by atoms with Crippen molar-refractivity contribution in [1.82, 2.24) is 0 Å². The number of alkyl halides is 1. The summed E-state index contributed by atoms with van der Waals surface area (Å²) in [5.41, 5.74) is 0.653. The highest BCUT2D eigenvalue weighted by Gasteiger charge is 2.10. The highest BCUT2D eigenvalue weighted by Crippen LogP contribution is 2.28. The lowest BCUT2D eigenvalue weighted by Gasteiger charge is -1.90. The topological polar surface area (TPSA) is 17.1 Å². The first kappa shape index (κ1) is 9.64. The minimum atomic E-state index is 0.0477. The molecule has 0 aromatic carbocycles. The molecule has 0 aliphatic heterocycles. The molecule has 0 aliphatic carbocycles. The van der Waals surface area contributed by atoms with Gasteiger partial charge in [0, 0.05) is 5.56 Å². The van der Waals surface area contributed by atoms with E-state index in [0.717, 1.165) is 8.42 Å². The molecule has 0 saturated heterocycles.